The number of nitrogens with two attached hydrogens (primary N) is 1. The molecule has 0 unspecified atom stereocenters. The average molecular weight is 337 g/mol. The van der Waals surface area contributed by atoms with Gasteiger partial charge in [0.05, 0.1) is 5.39 Å². The van der Waals surface area contributed by atoms with Gasteiger partial charge in [-0.2, -0.15) is 0 Å². The van der Waals surface area contributed by atoms with Gasteiger partial charge in [-0.25, -0.2) is 14.4 Å². The van der Waals surface area contributed by atoms with E-state index in [1.165, 1.54) is 29.8 Å². The number of rotatable bonds is 3. The van der Waals surface area contributed by atoms with E-state index < -0.39 is 5.82 Å². The zero-order valence-corrected chi connectivity index (χ0v) is 13.3. The highest BCUT2D eigenvalue weighted by Gasteiger charge is 2.13. The highest BCUT2D eigenvalue weighted by Crippen LogP contribution is 2.37. The number of aromatic nitrogens is 2. The first-order valence-electron chi connectivity index (χ1n) is 7.23. The van der Waals surface area contributed by atoms with E-state index in [9.17, 15) is 4.39 Å². The van der Waals surface area contributed by atoms with Crippen LogP contribution in [0, 0.1) is 5.82 Å². The third-order valence-corrected chi connectivity index (χ3v) is 4.61. The van der Waals surface area contributed by atoms with Crippen molar-refractivity contribution in [3.05, 3.63) is 66.7 Å². The number of nitrogen functional groups attached to an aromatic ring is 1. The lowest BCUT2D eigenvalue weighted by molar-refractivity contribution is 0.432. The Kier molecular flexibility index (Phi) is 3.59. The maximum absolute atomic E-state index is 14.0. The molecule has 4 aromatic rings. The number of halogens is 1. The normalized spacial score (nSPS) is 10.9. The maximum Gasteiger partial charge on any atom is 0.231 e. The van der Waals surface area contributed by atoms with Gasteiger partial charge in [0.25, 0.3) is 0 Å². The zero-order chi connectivity index (χ0) is 16.5. The van der Waals surface area contributed by atoms with Crippen molar-refractivity contribution >= 4 is 27.2 Å². The van der Waals surface area contributed by atoms with Crippen molar-refractivity contribution in [3.8, 4) is 22.1 Å². The Morgan fingerprint density at radius 2 is 1.83 bits per heavy atom. The molecule has 24 heavy (non-hydrogen) atoms. The summed E-state index contributed by atoms with van der Waals surface area (Å²) >= 11 is 1.54. The number of benzene rings is 2. The fourth-order valence-electron chi connectivity index (χ4n) is 2.36. The number of anilines is 1. The summed E-state index contributed by atoms with van der Waals surface area (Å²) < 4.78 is 19.6. The third-order valence-electron chi connectivity index (χ3n) is 3.51. The predicted molar refractivity (Wildman–Crippen MR) is 93.7 cm³/mol. The molecular weight excluding hydrogens is 325 g/mol. The Labute approximate surface area is 141 Å². The summed E-state index contributed by atoms with van der Waals surface area (Å²) in [6, 6.07) is 16.2. The van der Waals surface area contributed by atoms with E-state index in [4.69, 9.17) is 10.5 Å². The number of ether oxygens (including phenoxy) is 1. The maximum atomic E-state index is 14.0. The quantitative estimate of drug-likeness (QED) is 0.542. The van der Waals surface area contributed by atoms with Crippen molar-refractivity contribution in [2.75, 3.05) is 5.73 Å². The van der Waals surface area contributed by atoms with Crippen LogP contribution in [0.5, 0.6) is 11.6 Å². The molecule has 0 bridgehead atoms. The van der Waals surface area contributed by atoms with E-state index >= 15 is 0 Å². The van der Waals surface area contributed by atoms with Gasteiger partial charge in [-0.1, -0.05) is 30.3 Å². The van der Waals surface area contributed by atoms with Crippen LogP contribution in [-0.2, 0) is 0 Å². The van der Waals surface area contributed by atoms with Crippen LogP contribution < -0.4 is 10.5 Å². The first kappa shape index (κ1) is 14.6. The summed E-state index contributed by atoms with van der Waals surface area (Å²) in [4.78, 5) is 10.3. The number of fused-ring (bicyclic) bond motifs is 1. The minimum atomic E-state index is -0.528. The number of hydrogen-bond donors (Lipinski definition) is 1. The monoisotopic (exact) mass is 337 g/mol. The number of thiophene rings is 1. The zero-order valence-electron chi connectivity index (χ0n) is 12.4. The number of nitrogens with zero attached hydrogens (tertiary/aromatic N) is 2. The van der Waals surface area contributed by atoms with Crippen LogP contribution in [0.1, 0.15) is 0 Å². The van der Waals surface area contributed by atoms with Crippen LogP contribution >= 0.6 is 11.3 Å². The van der Waals surface area contributed by atoms with Crippen molar-refractivity contribution < 1.29 is 9.13 Å². The molecule has 0 atom stereocenters. The second kappa shape index (κ2) is 5.90. The van der Waals surface area contributed by atoms with Gasteiger partial charge in [0.1, 0.15) is 11.2 Å². The van der Waals surface area contributed by atoms with Crippen molar-refractivity contribution in [2.45, 2.75) is 0 Å². The third kappa shape index (κ3) is 2.68. The Hall–Kier alpha value is -2.99. The van der Waals surface area contributed by atoms with Gasteiger partial charge in [0.2, 0.25) is 5.88 Å². The van der Waals surface area contributed by atoms with E-state index in [0.717, 1.165) is 20.7 Å². The molecule has 2 aromatic heterocycles. The van der Waals surface area contributed by atoms with Gasteiger partial charge in [-0.3, -0.25) is 0 Å². The highest BCUT2D eigenvalue weighted by molar-refractivity contribution is 7.21. The van der Waals surface area contributed by atoms with E-state index in [1.807, 2.05) is 36.4 Å². The van der Waals surface area contributed by atoms with E-state index in [0.29, 0.717) is 11.6 Å². The lowest BCUT2D eigenvalue weighted by atomic mass is 10.2. The molecule has 0 fully saturated rings. The Morgan fingerprint density at radius 1 is 1.00 bits per heavy atom. The van der Waals surface area contributed by atoms with Gasteiger partial charge < -0.3 is 10.5 Å². The lowest BCUT2D eigenvalue weighted by Crippen LogP contribution is -1.93. The SMILES string of the molecule is Nc1ccc(Oc2ncnc3sc(-c4ccccc4)cc23)c(F)c1. The molecule has 118 valence electrons. The van der Waals surface area contributed by atoms with Gasteiger partial charge in [-0.15, -0.1) is 11.3 Å². The van der Waals surface area contributed by atoms with Gasteiger partial charge in [-0.05, 0) is 23.8 Å². The minimum absolute atomic E-state index is 0.0802. The molecule has 2 aromatic carbocycles. The highest BCUT2D eigenvalue weighted by atomic mass is 32.1. The first-order chi connectivity index (χ1) is 11.7. The summed E-state index contributed by atoms with van der Waals surface area (Å²) in [5.41, 5.74) is 6.99. The van der Waals surface area contributed by atoms with Gasteiger partial charge in [0, 0.05) is 16.6 Å². The van der Waals surface area contributed by atoms with Gasteiger partial charge in [0.15, 0.2) is 11.6 Å². The molecule has 4 nitrogen and oxygen atoms in total. The van der Waals surface area contributed by atoms with E-state index in [-0.39, 0.29) is 5.75 Å². The Morgan fingerprint density at radius 3 is 2.62 bits per heavy atom. The molecule has 4 rings (SSSR count). The fourth-order valence-corrected chi connectivity index (χ4v) is 3.36. The van der Waals surface area contributed by atoms with Crippen LogP contribution in [0.4, 0.5) is 10.1 Å². The van der Waals surface area contributed by atoms with Crippen LogP contribution in [0.25, 0.3) is 20.7 Å². The van der Waals surface area contributed by atoms with Crippen LogP contribution in [0.2, 0.25) is 0 Å². The molecular formula is C18H12FN3OS. The molecule has 0 aliphatic rings. The Balaban J connectivity index is 1.77. The average Bonchev–Trinajstić information content (AvgIpc) is 3.03. The first-order valence-corrected chi connectivity index (χ1v) is 8.05. The second-order valence-corrected chi connectivity index (χ2v) is 6.20. The molecule has 0 spiro atoms. The molecule has 0 saturated carbocycles. The Bertz CT molecular complexity index is 1020. The molecule has 0 aliphatic carbocycles. The van der Waals surface area contributed by atoms with E-state index in [2.05, 4.69) is 9.97 Å². The standard InChI is InChI=1S/C18H12FN3OS/c19-14-8-12(20)6-7-15(14)23-17-13-9-16(11-4-2-1-3-5-11)24-18(13)22-10-21-17/h1-10H,20H2. The van der Waals surface area contributed by atoms with Crippen molar-refractivity contribution in [3.63, 3.8) is 0 Å². The summed E-state index contributed by atoms with van der Waals surface area (Å²) in [5, 5.41) is 0.748. The molecule has 2 N–H and O–H groups in total. The largest absolute Gasteiger partial charge is 0.435 e. The van der Waals surface area contributed by atoms with Crippen LogP contribution in [0.15, 0.2) is 60.9 Å². The fraction of sp³-hybridized carbons (Fsp3) is 0. The summed E-state index contributed by atoms with van der Waals surface area (Å²) in [6.45, 7) is 0. The molecule has 0 aliphatic heterocycles. The second-order valence-electron chi connectivity index (χ2n) is 5.17. The molecule has 6 heteroatoms. The smallest absolute Gasteiger partial charge is 0.231 e. The van der Waals surface area contributed by atoms with Crippen molar-refractivity contribution in [1.82, 2.24) is 9.97 Å². The summed E-state index contributed by atoms with van der Waals surface area (Å²) in [6.07, 6.45) is 1.41. The molecule has 0 amide bonds. The van der Waals surface area contributed by atoms with Crippen LogP contribution in [-0.4, -0.2) is 9.97 Å². The summed E-state index contributed by atoms with van der Waals surface area (Å²) in [7, 11) is 0. The summed E-state index contributed by atoms with van der Waals surface area (Å²) in [5.74, 6) is -0.126. The molecule has 0 radical (unpaired) electrons. The lowest BCUT2D eigenvalue weighted by Gasteiger charge is -2.06. The van der Waals surface area contributed by atoms with Gasteiger partial charge >= 0.3 is 0 Å². The molecule has 0 saturated heterocycles. The minimum Gasteiger partial charge on any atom is -0.435 e. The number of hydrogen-bond acceptors (Lipinski definition) is 5. The predicted octanol–water partition coefficient (Wildman–Crippen LogP) is 4.87. The van der Waals surface area contributed by atoms with Crippen molar-refractivity contribution in [1.29, 1.82) is 0 Å². The van der Waals surface area contributed by atoms with E-state index in [1.54, 1.807) is 6.07 Å². The van der Waals surface area contributed by atoms with Crippen LogP contribution in [0.3, 0.4) is 0 Å². The molecule has 2 heterocycles. The topological polar surface area (TPSA) is 61.0 Å². The van der Waals surface area contributed by atoms with Crippen molar-refractivity contribution in [2.24, 2.45) is 0 Å².